The first-order chi connectivity index (χ1) is 21.1. The summed E-state index contributed by atoms with van der Waals surface area (Å²) < 4.78 is 4.44. The van der Waals surface area contributed by atoms with Gasteiger partial charge in [0.1, 0.15) is 0 Å². The number of hydrogen-bond donors (Lipinski definition) is 0. The third kappa shape index (κ3) is 6.04. The maximum Gasteiger partial charge on any atom is -1.00 e. The summed E-state index contributed by atoms with van der Waals surface area (Å²) in [5.41, 5.74) is 18.3. The van der Waals surface area contributed by atoms with E-state index in [1.165, 1.54) is 78.4 Å². The second-order valence-electron chi connectivity index (χ2n) is 13.3. The number of allylic oxidation sites excluding steroid dienone is 2. The molecule has 4 aromatic carbocycles. The van der Waals surface area contributed by atoms with Crippen LogP contribution in [0.25, 0.3) is 34.4 Å². The molecule has 2 unspecified atom stereocenters. The molecule has 0 N–H and O–H groups in total. The van der Waals surface area contributed by atoms with Crippen LogP contribution in [0.1, 0.15) is 94.0 Å². The van der Waals surface area contributed by atoms with Gasteiger partial charge in [0.05, 0.1) is 0 Å². The number of halogens is 2. The molecule has 7 rings (SSSR count). The summed E-state index contributed by atoms with van der Waals surface area (Å²) in [5, 5.41) is 0. The molecule has 3 heteroatoms. The van der Waals surface area contributed by atoms with Crippen LogP contribution in [0.2, 0.25) is 8.26 Å². The Hall–Kier alpha value is -2.18. The Morgan fingerprint density at radius 2 is 0.933 bits per heavy atom. The van der Waals surface area contributed by atoms with Gasteiger partial charge in [0.25, 0.3) is 0 Å². The Bertz CT molecular complexity index is 1580. The van der Waals surface area contributed by atoms with Gasteiger partial charge in [-0.3, -0.25) is 0 Å². The fourth-order valence-corrected chi connectivity index (χ4v) is 26.5. The largest absolute Gasteiger partial charge is 1.00 e. The van der Waals surface area contributed by atoms with Crippen LogP contribution in [0.3, 0.4) is 0 Å². The summed E-state index contributed by atoms with van der Waals surface area (Å²) in [4.78, 5) is 0. The Kier molecular flexibility index (Phi) is 10.9. The van der Waals surface area contributed by atoms with Crippen molar-refractivity contribution in [3.05, 3.63) is 129 Å². The normalized spacial score (nSPS) is 18.0. The quantitative estimate of drug-likeness (QED) is 0.180. The number of rotatable bonds is 10. The average molecular weight is 713 g/mol. The van der Waals surface area contributed by atoms with Gasteiger partial charge in [0.2, 0.25) is 0 Å². The zero-order valence-corrected chi connectivity index (χ0v) is 31.3. The zero-order chi connectivity index (χ0) is 29.6. The average Bonchev–Trinajstić information content (AvgIpc) is 3.57. The summed E-state index contributed by atoms with van der Waals surface area (Å²) in [6.07, 6.45) is 12.3. The fourth-order valence-electron chi connectivity index (χ4n) is 8.57. The van der Waals surface area contributed by atoms with Gasteiger partial charge in [0.15, 0.2) is 0 Å². The number of hydrogen-bond acceptors (Lipinski definition) is 0. The third-order valence-corrected chi connectivity index (χ3v) is 23.8. The predicted octanol–water partition coefficient (Wildman–Crippen LogP) is 6.33. The summed E-state index contributed by atoms with van der Waals surface area (Å²) in [6, 6.07) is 33.3. The molecule has 0 radical (unpaired) electrons. The summed E-state index contributed by atoms with van der Waals surface area (Å²) in [7, 11) is 0. The number of fused-ring (bicyclic) bond motifs is 2. The fraction of sp³-hybridized carbons (Fsp3) is 0.333. The first-order valence-electron chi connectivity index (χ1n) is 17.0. The van der Waals surface area contributed by atoms with Crippen molar-refractivity contribution >= 4 is 12.2 Å². The molecule has 0 amide bonds. The predicted molar refractivity (Wildman–Crippen MR) is 183 cm³/mol. The molecule has 0 saturated carbocycles. The van der Waals surface area contributed by atoms with Crippen LogP contribution < -0.4 is 24.8 Å². The van der Waals surface area contributed by atoms with E-state index in [2.05, 4.69) is 125 Å². The van der Waals surface area contributed by atoms with Crippen molar-refractivity contribution in [2.75, 3.05) is 0 Å². The van der Waals surface area contributed by atoms with Crippen LogP contribution in [-0.2, 0) is 33.1 Å². The van der Waals surface area contributed by atoms with Crippen molar-refractivity contribution < 1.29 is 45.1 Å². The van der Waals surface area contributed by atoms with Crippen LogP contribution >= 0.6 is 0 Å². The molecule has 0 aromatic heterocycles. The van der Waals surface area contributed by atoms with E-state index in [9.17, 15) is 0 Å². The van der Waals surface area contributed by atoms with E-state index in [1.807, 2.05) is 0 Å². The standard InChI is InChI=1S/2C20H21.C2H4.2ClH.Zr/c2*1-3-6-16-9-11-17(12-10-16)19-8-5-7-18-13-15(4-2)14-20(18)19;1-2;;;/h2*5,7-14H,3-4,6H2,1-2H3;1-2H2;2*1H;/q;;;;;+2/p-2. The minimum atomic E-state index is -2.68. The molecule has 0 spiro atoms. The van der Waals surface area contributed by atoms with Crippen molar-refractivity contribution in [2.24, 2.45) is 0 Å². The summed E-state index contributed by atoms with van der Waals surface area (Å²) in [5.74, 6) is 0. The second-order valence-corrected chi connectivity index (χ2v) is 24.6. The van der Waals surface area contributed by atoms with Gasteiger partial charge in [-0.05, 0) is 0 Å². The summed E-state index contributed by atoms with van der Waals surface area (Å²) in [6.45, 7) is 9.35. The molecule has 1 heterocycles. The molecule has 232 valence electrons. The van der Waals surface area contributed by atoms with E-state index < -0.39 is 20.3 Å². The smallest absolute Gasteiger partial charge is 1.00 e. The Morgan fingerprint density at radius 3 is 1.27 bits per heavy atom. The number of benzene rings is 4. The van der Waals surface area contributed by atoms with Crippen molar-refractivity contribution in [3.8, 4) is 22.3 Å². The van der Waals surface area contributed by atoms with Gasteiger partial charge in [0, 0.05) is 0 Å². The van der Waals surface area contributed by atoms with Crippen LogP contribution in [0.15, 0.2) is 96.1 Å². The van der Waals surface area contributed by atoms with E-state index >= 15 is 0 Å². The Morgan fingerprint density at radius 1 is 0.533 bits per heavy atom. The van der Waals surface area contributed by atoms with E-state index in [-0.39, 0.29) is 24.8 Å². The first kappa shape index (κ1) is 34.2. The van der Waals surface area contributed by atoms with E-state index in [0.717, 1.165) is 12.8 Å². The molecular formula is C42H46Cl2Zr. The van der Waals surface area contributed by atoms with Crippen LogP contribution in [-0.4, -0.2) is 0 Å². The molecule has 3 aliphatic rings. The molecule has 1 fully saturated rings. The maximum atomic E-state index is 2.63. The molecule has 1 aliphatic heterocycles. The van der Waals surface area contributed by atoms with Gasteiger partial charge in [-0.2, -0.15) is 0 Å². The minimum Gasteiger partial charge on any atom is -1.00 e. The molecular weight excluding hydrogens is 667 g/mol. The Labute approximate surface area is 288 Å². The number of aryl methyl sites for hydroxylation is 2. The van der Waals surface area contributed by atoms with Gasteiger partial charge in [-0.1, -0.05) is 0 Å². The van der Waals surface area contributed by atoms with E-state index in [4.69, 9.17) is 0 Å². The molecule has 1 saturated heterocycles. The van der Waals surface area contributed by atoms with Crippen LogP contribution in [0.5, 0.6) is 0 Å². The molecule has 0 bridgehead atoms. The van der Waals surface area contributed by atoms with E-state index in [0.29, 0.717) is 7.25 Å². The first-order valence-corrected chi connectivity index (χ1v) is 23.3. The molecule has 45 heavy (non-hydrogen) atoms. The molecule has 2 aliphatic carbocycles. The van der Waals surface area contributed by atoms with Gasteiger partial charge >= 0.3 is 266 Å². The second kappa shape index (κ2) is 14.3. The monoisotopic (exact) mass is 710 g/mol. The maximum absolute atomic E-state index is 2.68. The SMILES string of the molecule is CCCc1ccc(-c2cccc3c2C=C(CC)[CH]3[Zr+2]2([CH]3C(CC)=Cc4c(-c5ccc(CCC)cc5)cccc43)[CH2][CH2]2)cc1.[Cl-].[Cl-]. The van der Waals surface area contributed by atoms with Gasteiger partial charge < -0.3 is 24.8 Å². The molecule has 2 atom stereocenters. The van der Waals surface area contributed by atoms with Crippen molar-refractivity contribution in [1.29, 1.82) is 0 Å². The van der Waals surface area contributed by atoms with Crippen LogP contribution in [0, 0.1) is 0 Å². The van der Waals surface area contributed by atoms with Gasteiger partial charge in [-0.25, -0.2) is 0 Å². The topological polar surface area (TPSA) is 0 Å². The van der Waals surface area contributed by atoms with Crippen LogP contribution in [0.4, 0.5) is 0 Å². The van der Waals surface area contributed by atoms with Crippen molar-refractivity contribution in [3.63, 3.8) is 0 Å². The summed E-state index contributed by atoms with van der Waals surface area (Å²) >= 11 is -2.68. The Balaban J connectivity index is 0.00000200. The zero-order valence-electron chi connectivity index (χ0n) is 27.3. The third-order valence-electron chi connectivity index (χ3n) is 10.7. The molecule has 0 nitrogen and oxygen atoms in total. The van der Waals surface area contributed by atoms with Crippen molar-refractivity contribution in [2.45, 2.75) is 81.7 Å². The van der Waals surface area contributed by atoms with Gasteiger partial charge in [-0.15, -0.1) is 0 Å². The van der Waals surface area contributed by atoms with Crippen molar-refractivity contribution in [1.82, 2.24) is 0 Å². The molecule has 4 aromatic rings. The minimum absolute atomic E-state index is 0. The van der Waals surface area contributed by atoms with E-state index in [1.54, 1.807) is 22.3 Å².